The first-order valence-corrected chi connectivity index (χ1v) is 9.63. The Morgan fingerprint density at radius 2 is 1.45 bits per heavy atom. The molecule has 0 unspecified atom stereocenters. The summed E-state index contributed by atoms with van der Waals surface area (Å²) in [5.74, 6) is -5.85. The molecule has 0 aromatic heterocycles. The van der Waals surface area contributed by atoms with Crippen LogP contribution in [-0.2, 0) is 19.3 Å². The van der Waals surface area contributed by atoms with Crippen molar-refractivity contribution in [2.24, 2.45) is 0 Å². The molecule has 7 heteroatoms. The Morgan fingerprint density at radius 3 is 2.03 bits per heavy atom. The minimum Gasteiger partial charge on any atom is -0.507 e. The zero-order valence-electron chi connectivity index (χ0n) is 16.6. The zero-order chi connectivity index (χ0) is 22.7. The molecule has 2 nitrogen and oxygen atoms in total. The number of benzene rings is 3. The number of rotatable bonds is 6. The predicted molar refractivity (Wildman–Crippen MR) is 106 cm³/mol. The van der Waals surface area contributed by atoms with Crippen molar-refractivity contribution < 1.29 is 27.1 Å². The summed E-state index contributed by atoms with van der Waals surface area (Å²) in [5.41, 5.74) is -1.08. The van der Waals surface area contributed by atoms with Gasteiger partial charge in [0.2, 0.25) is 0 Å². The van der Waals surface area contributed by atoms with Crippen LogP contribution in [0.2, 0.25) is 0 Å². The number of aryl methyl sites for hydroxylation is 2. The van der Waals surface area contributed by atoms with Gasteiger partial charge in [0.25, 0.3) is 0 Å². The van der Waals surface area contributed by atoms with Crippen molar-refractivity contribution in [1.29, 1.82) is 5.26 Å². The Balaban J connectivity index is 1.98. The van der Waals surface area contributed by atoms with Crippen LogP contribution in [0, 0.1) is 40.4 Å². The molecule has 160 valence electrons. The number of halogens is 5. The average molecular weight is 431 g/mol. The van der Waals surface area contributed by atoms with Crippen LogP contribution in [0.25, 0.3) is 11.1 Å². The van der Waals surface area contributed by atoms with E-state index in [0.29, 0.717) is 18.1 Å². The average Bonchev–Trinajstić information content (AvgIpc) is 2.69. The van der Waals surface area contributed by atoms with E-state index in [1.807, 2.05) is 6.92 Å². The van der Waals surface area contributed by atoms with Gasteiger partial charge in [-0.1, -0.05) is 25.5 Å². The minimum absolute atomic E-state index is 0.0949. The second kappa shape index (κ2) is 9.17. The highest BCUT2D eigenvalue weighted by Gasteiger charge is 2.22. The van der Waals surface area contributed by atoms with Crippen LogP contribution in [0.4, 0.5) is 22.0 Å². The summed E-state index contributed by atoms with van der Waals surface area (Å²) >= 11 is 0. The molecule has 0 bridgehead atoms. The molecular formula is C24H18F5NO. The lowest BCUT2D eigenvalue weighted by atomic mass is 9.95. The maximum absolute atomic E-state index is 15.1. The van der Waals surface area contributed by atoms with Crippen LogP contribution in [0.15, 0.2) is 36.4 Å². The summed E-state index contributed by atoms with van der Waals surface area (Å²) in [7, 11) is 0. The van der Waals surface area contributed by atoms with Gasteiger partial charge in [0.1, 0.15) is 46.5 Å². The van der Waals surface area contributed by atoms with Crippen LogP contribution in [-0.4, -0.2) is 5.11 Å². The molecule has 31 heavy (non-hydrogen) atoms. The van der Waals surface area contributed by atoms with Gasteiger partial charge in [-0.05, 0) is 48.6 Å². The quantitative estimate of drug-likeness (QED) is 0.461. The molecule has 0 heterocycles. The number of hydrogen-bond acceptors (Lipinski definition) is 2. The Kier molecular flexibility index (Phi) is 6.59. The van der Waals surface area contributed by atoms with E-state index in [1.165, 1.54) is 18.2 Å². The highest BCUT2D eigenvalue weighted by atomic mass is 19.1. The van der Waals surface area contributed by atoms with E-state index in [4.69, 9.17) is 5.26 Å². The van der Waals surface area contributed by atoms with E-state index < -0.39 is 51.5 Å². The third-order valence-electron chi connectivity index (χ3n) is 5.01. The second-order valence-corrected chi connectivity index (χ2v) is 7.16. The zero-order valence-corrected chi connectivity index (χ0v) is 16.6. The molecule has 0 amide bonds. The number of nitrogens with zero attached hydrogens (tertiary/aromatic N) is 1. The molecule has 3 rings (SSSR count). The molecule has 3 aromatic carbocycles. The van der Waals surface area contributed by atoms with Crippen molar-refractivity contribution in [3.63, 3.8) is 0 Å². The van der Waals surface area contributed by atoms with Crippen molar-refractivity contribution in [2.75, 3.05) is 0 Å². The molecule has 0 saturated heterocycles. The fourth-order valence-electron chi connectivity index (χ4n) is 3.48. The molecule has 0 aliphatic rings. The summed E-state index contributed by atoms with van der Waals surface area (Å²) in [6, 6.07) is 8.10. The fraction of sp³-hybridized carbons (Fsp3) is 0.208. The molecule has 0 spiro atoms. The van der Waals surface area contributed by atoms with Crippen LogP contribution in [0.5, 0.6) is 5.75 Å². The van der Waals surface area contributed by atoms with Gasteiger partial charge in [0.05, 0.1) is 5.56 Å². The molecule has 0 fully saturated rings. The first-order chi connectivity index (χ1) is 14.8. The number of aromatic hydroxyl groups is 1. The lowest BCUT2D eigenvalue weighted by Crippen LogP contribution is -2.04. The maximum atomic E-state index is 15.1. The maximum Gasteiger partial charge on any atom is 0.144 e. The van der Waals surface area contributed by atoms with E-state index in [0.717, 1.165) is 18.6 Å². The Labute approximate surface area is 176 Å². The first-order valence-electron chi connectivity index (χ1n) is 9.63. The summed E-state index contributed by atoms with van der Waals surface area (Å²) in [4.78, 5) is 0. The number of hydrogen-bond donors (Lipinski definition) is 1. The van der Waals surface area contributed by atoms with Crippen molar-refractivity contribution in [3.05, 3.63) is 87.7 Å². The van der Waals surface area contributed by atoms with E-state index in [-0.39, 0.29) is 24.0 Å². The SMILES string of the molecule is CCCc1ccc(-c2c(O)cc(F)c(CCc3cc(F)c(C#N)c(F)c3)c2F)c(F)c1. The summed E-state index contributed by atoms with van der Waals surface area (Å²) in [6.45, 7) is 1.93. The lowest BCUT2D eigenvalue weighted by Gasteiger charge is -2.14. The van der Waals surface area contributed by atoms with E-state index in [9.17, 15) is 22.7 Å². The van der Waals surface area contributed by atoms with Gasteiger partial charge in [0, 0.05) is 17.2 Å². The van der Waals surface area contributed by atoms with Gasteiger partial charge in [-0.2, -0.15) is 5.26 Å². The molecule has 0 aliphatic carbocycles. The number of nitriles is 1. The highest BCUT2D eigenvalue weighted by molar-refractivity contribution is 5.72. The second-order valence-electron chi connectivity index (χ2n) is 7.16. The third kappa shape index (κ3) is 4.53. The van der Waals surface area contributed by atoms with Gasteiger partial charge < -0.3 is 5.11 Å². The fourth-order valence-corrected chi connectivity index (χ4v) is 3.48. The van der Waals surface area contributed by atoms with Crippen LogP contribution in [0.1, 0.15) is 35.6 Å². The van der Waals surface area contributed by atoms with Gasteiger partial charge in [0.15, 0.2) is 0 Å². The predicted octanol–water partition coefficient (Wildman–Crippen LogP) is 6.36. The Morgan fingerprint density at radius 1 is 0.806 bits per heavy atom. The van der Waals surface area contributed by atoms with Gasteiger partial charge in [-0.3, -0.25) is 0 Å². The normalized spacial score (nSPS) is 10.9. The largest absolute Gasteiger partial charge is 0.507 e. The molecule has 0 saturated carbocycles. The summed E-state index contributed by atoms with van der Waals surface area (Å²) < 4.78 is 71.6. The lowest BCUT2D eigenvalue weighted by molar-refractivity contribution is 0.458. The topological polar surface area (TPSA) is 44.0 Å². The van der Waals surface area contributed by atoms with E-state index in [2.05, 4.69) is 0 Å². The van der Waals surface area contributed by atoms with E-state index in [1.54, 1.807) is 6.07 Å². The number of phenolic OH excluding ortho intramolecular Hbond substituents is 1. The monoisotopic (exact) mass is 431 g/mol. The van der Waals surface area contributed by atoms with Crippen LogP contribution < -0.4 is 0 Å². The summed E-state index contributed by atoms with van der Waals surface area (Å²) in [6.07, 6.45) is 0.967. The van der Waals surface area contributed by atoms with Crippen LogP contribution >= 0.6 is 0 Å². The Hall–Kier alpha value is -3.40. The third-order valence-corrected chi connectivity index (χ3v) is 5.01. The van der Waals surface area contributed by atoms with Crippen molar-refractivity contribution >= 4 is 0 Å². The van der Waals surface area contributed by atoms with Crippen molar-refractivity contribution in [2.45, 2.75) is 32.6 Å². The van der Waals surface area contributed by atoms with Gasteiger partial charge in [-0.15, -0.1) is 0 Å². The molecule has 1 N–H and O–H groups in total. The molecular weight excluding hydrogens is 413 g/mol. The minimum atomic E-state index is -1.14. The molecule has 3 aromatic rings. The van der Waals surface area contributed by atoms with Crippen LogP contribution in [0.3, 0.4) is 0 Å². The standard InChI is InChI=1S/C24H18F5NO/c1-2-3-13-4-6-15(18(25)8-13)23-22(31)11-21(28)16(24(23)29)7-5-14-9-19(26)17(12-30)20(27)10-14/h4,6,8-11,31H,2-3,5,7H2,1H3. The van der Waals surface area contributed by atoms with Crippen molar-refractivity contribution in [1.82, 2.24) is 0 Å². The van der Waals surface area contributed by atoms with Gasteiger partial charge in [-0.25, -0.2) is 22.0 Å². The molecule has 0 aliphatic heterocycles. The molecule has 0 radical (unpaired) electrons. The van der Waals surface area contributed by atoms with Crippen molar-refractivity contribution in [3.8, 4) is 22.9 Å². The Bertz CT molecular complexity index is 1160. The smallest absolute Gasteiger partial charge is 0.144 e. The first kappa shape index (κ1) is 22.3. The number of phenols is 1. The van der Waals surface area contributed by atoms with Gasteiger partial charge >= 0.3 is 0 Å². The summed E-state index contributed by atoms with van der Waals surface area (Å²) in [5, 5.41) is 18.8. The molecule has 0 atom stereocenters. The van der Waals surface area contributed by atoms with E-state index >= 15 is 4.39 Å². The highest BCUT2D eigenvalue weighted by Crippen LogP contribution is 2.37.